The second-order valence-corrected chi connectivity index (χ2v) is 6.10. The molecule has 0 aliphatic rings. The van der Waals surface area contributed by atoms with Gasteiger partial charge in [-0.05, 0) is 24.1 Å². The van der Waals surface area contributed by atoms with Crippen molar-refractivity contribution in [3.8, 4) is 5.75 Å². The van der Waals surface area contributed by atoms with Crippen molar-refractivity contribution in [2.75, 3.05) is 0 Å². The number of hydrogen-bond acceptors (Lipinski definition) is 4. The summed E-state index contributed by atoms with van der Waals surface area (Å²) >= 11 is 6.30. The van der Waals surface area contributed by atoms with Gasteiger partial charge < -0.3 is 9.15 Å². The Balaban J connectivity index is 2.19. The predicted molar refractivity (Wildman–Crippen MR) is 97.3 cm³/mol. The third-order valence-corrected chi connectivity index (χ3v) is 4.13. The summed E-state index contributed by atoms with van der Waals surface area (Å²) in [5, 5.41) is 0.814. The molecule has 0 unspecified atom stereocenters. The van der Waals surface area contributed by atoms with Gasteiger partial charge in [0, 0.05) is 12.8 Å². The first-order chi connectivity index (χ1) is 12.1. The summed E-state index contributed by atoms with van der Waals surface area (Å²) in [5.41, 5.74) is 0.969. The quantitative estimate of drug-likeness (QED) is 0.489. The summed E-state index contributed by atoms with van der Waals surface area (Å²) in [4.78, 5) is 24.6. The third kappa shape index (κ3) is 3.74. The van der Waals surface area contributed by atoms with Gasteiger partial charge in [-0.3, -0.25) is 4.79 Å². The molecule has 0 radical (unpaired) electrons. The Hall–Kier alpha value is -2.59. The van der Waals surface area contributed by atoms with Crippen LogP contribution in [0, 0.1) is 0 Å². The van der Waals surface area contributed by atoms with Gasteiger partial charge in [-0.15, -0.1) is 0 Å². The van der Waals surface area contributed by atoms with Crippen LogP contribution in [0.25, 0.3) is 11.0 Å². The highest BCUT2D eigenvalue weighted by molar-refractivity contribution is 6.35. The van der Waals surface area contributed by atoms with E-state index in [9.17, 15) is 9.59 Å². The van der Waals surface area contributed by atoms with Crippen molar-refractivity contribution in [1.29, 1.82) is 0 Å². The molecule has 0 N–H and O–H groups in total. The van der Waals surface area contributed by atoms with Crippen LogP contribution in [0.2, 0.25) is 5.02 Å². The fourth-order valence-corrected chi connectivity index (χ4v) is 2.90. The van der Waals surface area contributed by atoms with Crippen LogP contribution in [0.1, 0.15) is 30.9 Å². The molecule has 0 bridgehead atoms. The van der Waals surface area contributed by atoms with Gasteiger partial charge in [0.05, 0.1) is 16.0 Å². The summed E-state index contributed by atoms with van der Waals surface area (Å²) in [7, 11) is 0. The van der Waals surface area contributed by atoms with E-state index in [-0.39, 0.29) is 17.7 Å². The highest BCUT2D eigenvalue weighted by Crippen LogP contribution is 2.34. The molecule has 4 nitrogen and oxygen atoms in total. The molecule has 2 aromatic carbocycles. The molecule has 0 saturated heterocycles. The molecule has 5 heteroatoms. The fraction of sp³-hybridized carbons (Fsp3) is 0.200. The third-order valence-electron chi connectivity index (χ3n) is 3.82. The molecule has 0 aliphatic heterocycles. The van der Waals surface area contributed by atoms with Gasteiger partial charge in [-0.25, -0.2) is 4.79 Å². The first-order valence-electron chi connectivity index (χ1n) is 8.09. The van der Waals surface area contributed by atoms with Crippen LogP contribution in [0.4, 0.5) is 0 Å². The molecule has 0 fully saturated rings. The standard InChI is InChI=1S/C20H17ClO4/c1-2-7-17(22)25-19-14(12-13-8-4-3-5-9-13)20(23)24-16-11-6-10-15(21)18(16)19/h3-6,8-11H,2,7,12H2,1H3. The number of benzene rings is 2. The average molecular weight is 357 g/mol. The van der Waals surface area contributed by atoms with E-state index in [1.807, 2.05) is 37.3 Å². The van der Waals surface area contributed by atoms with Crippen LogP contribution < -0.4 is 10.4 Å². The van der Waals surface area contributed by atoms with Crippen molar-refractivity contribution < 1.29 is 13.9 Å². The largest absolute Gasteiger partial charge is 0.425 e. The number of carbonyl (C=O) groups excluding carboxylic acids is 1. The van der Waals surface area contributed by atoms with E-state index in [1.54, 1.807) is 18.2 Å². The van der Waals surface area contributed by atoms with Crippen LogP contribution in [-0.2, 0) is 11.2 Å². The van der Waals surface area contributed by atoms with E-state index in [4.69, 9.17) is 20.8 Å². The zero-order valence-electron chi connectivity index (χ0n) is 13.8. The lowest BCUT2D eigenvalue weighted by atomic mass is 10.0. The lowest BCUT2D eigenvalue weighted by molar-refractivity contribution is -0.134. The van der Waals surface area contributed by atoms with Gasteiger partial charge in [0.1, 0.15) is 5.58 Å². The molecular formula is C20H17ClO4. The molecule has 128 valence electrons. The van der Waals surface area contributed by atoms with Crippen LogP contribution in [0.15, 0.2) is 57.7 Å². The molecule has 1 heterocycles. The minimum atomic E-state index is -0.530. The Morgan fingerprint density at radius 3 is 2.60 bits per heavy atom. The topological polar surface area (TPSA) is 56.5 Å². The maximum atomic E-state index is 12.5. The van der Waals surface area contributed by atoms with Crippen LogP contribution >= 0.6 is 11.6 Å². The van der Waals surface area contributed by atoms with E-state index < -0.39 is 11.6 Å². The van der Waals surface area contributed by atoms with E-state index >= 15 is 0 Å². The van der Waals surface area contributed by atoms with Crippen molar-refractivity contribution in [1.82, 2.24) is 0 Å². The second kappa shape index (κ2) is 7.53. The minimum Gasteiger partial charge on any atom is -0.425 e. The summed E-state index contributed by atoms with van der Waals surface area (Å²) in [6.07, 6.45) is 1.20. The Labute approximate surface area is 150 Å². The van der Waals surface area contributed by atoms with Gasteiger partial charge in [0.15, 0.2) is 5.75 Å². The first kappa shape index (κ1) is 17.2. The molecule has 3 aromatic rings. The number of fused-ring (bicyclic) bond motifs is 1. The second-order valence-electron chi connectivity index (χ2n) is 5.70. The molecule has 0 aliphatic carbocycles. The lowest BCUT2D eigenvalue weighted by Gasteiger charge is -2.12. The summed E-state index contributed by atoms with van der Waals surface area (Å²) in [6.45, 7) is 1.89. The summed E-state index contributed by atoms with van der Waals surface area (Å²) in [5.74, 6) is -0.206. The van der Waals surface area contributed by atoms with Gasteiger partial charge in [0.25, 0.3) is 0 Å². The number of esters is 1. The van der Waals surface area contributed by atoms with Crippen molar-refractivity contribution in [2.45, 2.75) is 26.2 Å². The highest BCUT2D eigenvalue weighted by Gasteiger charge is 2.21. The maximum Gasteiger partial charge on any atom is 0.343 e. The Bertz CT molecular complexity index is 961. The number of hydrogen-bond donors (Lipinski definition) is 0. The molecule has 0 atom stereocenters. The van der Waals surface area contributed by atoms with Crippen LogP contribution in [0.3, 0.4) is 0 Å². The molecule has 3 rings (SSSR count). The van der Waals surface area contributed by atoms with Gasteiger partial charge in [-0.2, -0.15) is 0 Å². The molecule has 0 amide bonds. The Kier molecular flexibility index (Phi) is 5.19. The van der Waals surface area contributed by atoms with Crippen molar-refractivity contribution in [3.05, 3.63) is 75.1 Å². The number of halogens is 1. The normalized spacial score (nSPS) is 10.8. The van der Waals surface area contributed by atoms with Gasteiger partial charge >= 0.3 is 11.6 Å². The lowest BCUT2D eigenvalue weighted by Crippen LogP contribution is -2.15. The Morgan fingerprint density at radius 2 is 1.88 bits per heavy atom. The SMILES string of the molecule is CCCC(=O)Oc1c(Cc2ccccc2)c(=O)oc2cccc(Cl)c12. The van der Waals surface area contributed by atoms with E-state index in [2.05, 4.69) is 0 Å². The summed E-state index contributed by atoms with van der Waals surface area (Å²) in [6, 6.07) is 14.4. The van der Waals surface area contributed by atoms with E-state index in [1.165, 1.54) is 0 Å². The fourth-order valence-electron chi connectivity index (χ4n) is 2.65. The molecule has 25 heavy (non-hydrogen) atoms. The summed E-state index contributed by atoms with van der Waals surface area (Å²) < 4.78 is 10.9. The van der Waals surface area contributed by atoms with Crippen molar-refractivity contribution in [2.24, 2.45) is 0 Å². The van der Waals surface area contributed by atoms with E-state index in [0.717, 1.165) is 5.56 Å². The minimum absolute atomic E-state index is 0.194. The average Bonchev–Trinajstić information content (AvgIpc) is 2.59. The van der Waals surface area contributed by atoms with Gasteiger partial charge in [0.2, 0.25) is 0 Å². The smallest absolute Gasteiger partial charge is 0.343 e. The van der Waals surface area contributed by atoms with Crippen LogP contribution in [-0.4, -0.2) is 5.97 Å². The molecule has 0 spiro atoms. The van der Waals surface area contributed by atoms with Crippen LogP contribution in [0.5, 0.6) is 5.75 Å². The number of carbonyl (C=O) groups is 1. The molecule has 0 saturated carbocycles. The molecular weight excluding hydrogens is 340 g/mol. The van der Waals surface area contributed by atoms with Crippen molar-refractivity contribution >= 4 is 28.5 Å². The zero-order chi connectivity index (χ0) is 17.8. The zero-order valence-corrected chi connectivity index (χ0v) is 14.5. The number of ether oxygens (including phenoxy) is 1. The number of rotatable bonds is 5. The monoisotopic (exact) mass is 356 g/mol. The van der Waals surface area contributed by atoms with Crippen molar-refractivity contribution in [3.63, 3.8) is 0 Å². The predicted octanol–water partition coefficient (Wildman–Crippen LogP) is 4.74. The maximum absolute atomic E-state index is 12.5. The van der Waals surface area contributed by atoms with Gasteiger partial charge in [-0.1, -0.05) is 54.9 Å². The Morgan fingerprint density at radius 1 is 1.12 bits per heavy atom. The van der Waals surface area contributed by atoms with E-state index in [0.29, 0.717) is 28.8 Å². The highest BCUT2D eigenvalue weighted by atomic mass is 35.5. The molecule has 1 aromatic heterocycles. The first-order valence-corrected chi connectivity index (χ1v) is 8.46.